The van der Waals surface area contributed by atoms with Crippen LogP contribution in [0.2, 0.25) is 0 Å². The molecule has 0 radical (unpaired) electrons. The molecule has 0 aliphatic carbocycles. The van der Waals surface area contributed by atoms with Gasteiger partial charge in [0.25, 0.3) is 0 Å². The topological polar surface area (TPSA) is 38.9 Å². The van der Waals surface area contributed by atoms with Crippen molar-refractivity contribution in [3.63, 3.8) is 0 Å². The summed E-state index contributed by atoms with van der Waals surface area (Å²) >= 11 is 0. The maximum absolute atomic E-state index is 13.6. The molecule has 2 N–H and O–H groups in total. The molecule has 0 aliphatic rings. The van der Waals surface area contributed by atoms with Crippen LogP contribution in [0.25, 0.3) is 10.9 Å². The first-order valence-corrected chi connectivity index (χ1v) is 5.69. The molecule has 17 heavy (non-hydrogen) atoms. The number of nitrogens with two attached hydrogens (primary N) is 1. The first-order valence-electron chi connectivity index (χ1n) is 5.69. The van der Waals surface area contributed by atoms with E-state index in [-0.39, 0.29) is 11.4 Å². The predicted octanol–water partition coefficient (Wildman–Crippen LogP) is 2.96. The summed E-state index contributed by atoms with van der Waals surface area (Å²) in [4.78, 5) is 4.35. The van der Waals surface area contributed by atoms with Gasteiger partial charge in [0, 0.05) is 17.1 Å². The van der Waals surface area contributed by atoms with Crippen molar-refractivity contribution in [3.05, 3.63) is 41.3 Å². The zero-order valence-corrected chi connectivity index (χ0v) is 10.4. The van der Waals surface area contributed by atoms with E-state index in [0.717, 1.165) is 22.0 Å². The Morgan fingerprint density at radius 2 is 2.06 bits per heavy atom. The highest BCUT2D eigenvalue weighted by atomic mass is 19.1. The molecule has 0 aliphatic heterocycles. The lowest BCUT2D eigenvalue weighted by Gasteiger charge is -2.19. The lowest BCUT2D eigenvalue weighted by atomic mass is 9.93. The number of aryl methyl sites for hydroxylation is 1. The average molecular weight is 232 g/mol. The lowest BCUT2D eigenvalue weighted by Crippen LogP contribution is -2.34. The van der Waals surface area contributed by atoms with Gasteiger partial charge in [0.2, 0.25) is 0 Å². The molecule has 0 unspecified atom stereocenters. The highest BCUT2D eigenvalue weighted by Gasteiger charge is 2.16. The summed E-state index contributed by atoms with van der Waals surface area (Å²) in [6.07, 6.45) is 2.36. The minimum Gasteiger partial charge on any atom is -0.325 e. The number of rotatable bonds is 2. The third-order valence-electron chi connectivity index (χ3n) is 2.75. The normalized spacial score (nSPS) is 12.1. The standard InChI is InChI=1S/C14H17FN2/c1-9-4-5-17-13-10(8-14(2,3)16)6-11(15)7-12(9)13/h4-7H,8,16H2,1-3H3. The van der Waals surface area contributed by atoms with E-state index < -0.39 is 0 Å². The summed E-state index contributed by atoms with van der Waals surface area (Å²) in [5.41, 5.74) is 8.38. The fourth-order valence-corrected chi connectivity index (χ4v) is 2.05. The Kier molecular flexibility index (Phi) is 2.87. The molecule has 1 aromatic carbocycles. The minimum atomic E-state index is -0.369. The first-order chi connectivity index (χ1) is 7.87. The zero-order chi connectivity index (χ0) is 12.6. The van der Waals surface area contributed by atoms with Crippen LogP contribution in [-0.4, -0.2) is 10.5 Å². The molecule has 2 nitrogen and oxygen atoms in total. The SMILES string of the molecule is Cc1ccnc2c(CC(C)(C)N)cc(F)cc12. The summed E-state index contributed by atoms with van der Waals surface area (Å²) in [6, 6.07) is 4.95. The summed E-state index contributed by atoms with van der Waals surface area (Å²) in [5.74, 6) is -0.229. The first kappa shape index (κ1) is 12.0. The smallest absolute Gasteiger partial charge is 0.124 e. The monoisotopic (exact) mass is 232 g/mol. The molecule has 0 saturated heterocycles. The molecule has 3 heteroatoms. The van der Waals surface area contributed by atoms with Gasteiger partial charge in [-0.2, -0.15) is 0 Å². The second-order valence-electron chi connectivity index (χ2n) is 5.25. The van der Waals surface area contributed by atoms with Crippen LogP contribution in [0.5, 0.6) is 0 Å². The molecule has 0 fully saturated rings. The fraction of sp³-hybridized carbons (Fsp3) is 0.357. The number of hydrogen-bond donors (Lipinski definition) is 1. The molecule has 0 bridgehead atoms. The molecule has 1 aromatic heterocycles. The maximum Gasteiger partial charge on any atom is 0.124 e. The van der Waals surface area contributed by atoms with Gasteiger partial charge in [0.05, 0.1) is 5.52 Å². The van der Waals surface area contributed by atoms with Gasteiger partial charge in [0.15, 0.2) is 0 Å². The lowest BCUT2D eigenvalue weighted by molar-refractivity contribution is 0.516. The van der Waals surface area contributed by atoms with E-state index in [2.05, 4.69) is 4.98 Å². The quantitative estimate of drug-likeness (QED) is 0.864. The largest absolute Gasteiger partial charge is 0.325 e. The van der Waals surface area contributed by atoms with Crippen LogP contribution in [0.15, 0.2) is 24.4 Å². The van der Waals surface area contributed by atoms with Gasteiger partial charge in [0.1, 0.15) is 5.82 Å². The van der Waals surface area contributed by atoms with Crippen LogP contribution in [0.1, 0.15) is 25.0 Å². The van der Waals surface area contributed by atoms with Gasteiger partial charge in [-0.1, -0.05) is 0 Å². The van der Waals surface area contributed by atoms with Gasteiger partial charge in [-0.05, 0) is 56.5 Å². The fourth-order valence-electron chi connectivity index (χ4n) is 2.05. The van der Waals surface area contributed by atoms with E-state index in [1.165, 1.54) is 12.1 Å². The molecule has 0 amide bonds. The predicted molar refractivity (Wildman–Crippen MR) is 68.4 cm³/mol. The van der Waals surface area contributed by atoms with Crippen molar-refractivity contribution >= 4 is 10.9 Å². The minimum absolute atomic E-state index is 0.229. The second kappa shape index (κ2) is 4.08. The van der Waals surface area contributed by atoms with E-state index >= 15 is 0 Å². The number of hydrogen-bond acceptors (Lipinski definition) is 2. The molecule has 2 rings (SSSR count). The molecule has 1 heterocycles. The van der Waals surface area contributed by atoms with Gasteiger partial charge in [-0.25, -0.2) is 4.39 Å². The molecular weight excluding hydrogens is 215 g/mol. The van der Waals surface area contributed by atoms with Crippen molar-refractivity contribution < 1.29 is 4.39 Å². The Balaban J connectivity index is 2.66. The van der Waals surface area contributed by atoms with Crippen molar-refractivity contribution in [2.24, 2.45) is 5.73 Å². The number of fused-ring (bicyclic) bond motifs is 1. The number of nitrogens with zero attached hydrogens (tertiary/aromatic N) is 1. The van der Waals surface area contributed by atoms with Crippen LogP contribution < -0.4 is 5.73 Å². The van der Waals surface area contributed by atoms with Crippen LogP contribution in [0, 0.1) is 12.7 Å². The summed E-state index contributed by atoms with van der Waals surface area (Å²) < 4.78 is 13.6. The van der Waals surface area contributed by atoms with E-state index in [1.807, 2.05) is 26.8 Å². The molecular formula is C14H17FN2. The van der Waals surface area contributed by atoms with Crippen molar-refractivity contribution in [1.82, 2.24) is 4.98 Å². The Morgan fingerprint density at radius 1 is 1.35 bits per heavy atom. The van der Waals surface area contributed by atoms with E-state index in [1.54, 1.807) is 6.20 Å². The Morgan fingerprint density at radius 3 is 2.71 bits per heavy atom. The van der Waals surface area contributed by atoms with Crippen molar-refractivity contribution in [3.8, 4) is 0 Å². The summed E-state index contributed by atoms with van der Waals surface area (Å²) in [5, 5.41) is 0.867. The van der Waals surface area contributed by atoms with E-state index in [4.69, 9.17) is 5.73 Å². The molecule has 0 saturated carbocycles. The summed E-state index contributed by atoms with van der Waals surface area (Å²) in [7, 11) is 0. The van der Waals surface area contributed by atoms with Crippen LogP contribution in [-0.2, 0) is 6.42 Å². The number of halogens is 1. The Bertz CT molecular complexity index is 556. The zero-order valence-electron chi connectivity index (χ0n) is 10.4. The highest BCUT2D eigenvalue weighted by Crippen LogP contribution is 2.24. The van der Waals surface area contributed by atoms with Crippen LogP contribution in [0.3, 0.4) is 0 Å². The maximum atomic E-state index is 13.6. The van der Waals surface area contributed by atoms with E-state index in [0.29, 0.717) is 6.42 Å². The summed E-state index contributed by atoms with van der Waals surface area (Å²) in [6.45, 7) is 5.82. The Labute approximate surface area is 101 Å². The number of benzene rings is 1. The number of aromatic nitrogens is 1. The Hall–Kier alpha value is -1.48. The molecule has 90 valence electrons. The van der Waals surface area contributed by atoms with Gasteiger partial charge in [-0.15, -0.1) is 0 Å². The molecule has 2 aromatic rings. The highest BCUT2D eigenvalue weighted by molar-refractivity contribution is 5.84. The number of pyridine rings is 1. The molecule has 0 spiro atoms. The van der Waals surface area contributed by atoms with Crippen molar-refractivity contribution in [1.29, 1.82) is 0 Å². The van der Waals surface area contributed by atoms with Gasteiger partial charge in [-0.3, -0.25) is 4.98 Å². The van der Waals surface area contributed by atoms with E-state index in [9.17, 15) is 4.39 Å². The average Bonchev–Trinajstić information content (AvgIpc) is 2.17. The van der Waals surface area contributed by atoms with Crippen LogP contribution >= 0.6 is 0 Å². The van der Waals surface area contributed by atoms with Crippen LogP contribution in [0.4, 0.5) is 4.39 Å². The van der Waals surface area contributed by atoms with Gasteiger partial charge < -0.3 is 5.73 Å². The van der Waals surface area contributed by atoms with Gasteiger partial charge >= 0.3 is 0 Å². The van der Waals surface area contributed by atoms with Crippen molar-refractivity contribution in [2.75, 3.05) is 0 Å². The second-order valence-corrected chi connectivity index (χ2v) is 5.25. The third-order valence-corrected chi connectivity index (χ3v) is 2.75. The molecule has 0 atom stereocenters. The third kappa shape index (κ3) is 2.61. The van der Waals surface area contributed by atoms with Crippen molar-refractivity contribution in [2.45, 2.75) is 32.7 Å².